The number of hydrogen-bond acceptors (Lipinski definition) is 2. The minimum absolute atomic E-state index is 0. The van der Waals surface area contributed by atoms with Crippen molar-refractivity contribution >= 4 is 47.4 Å². The molecule has 7 heteroatoms. The SMILES string of the molecule is CCNC(=O)C(C)(C)CNC(=NCc1ccc(Cl)cc1)NCC.I. The van der Waals surface area contributed by atoms with E-state index in [0.717, 1.165) is 12.1 Å². The van der Waals surface area contributed by atoms with Gasteiger partial charge in [-0.2, -0.15) is 0 Å². The van der Waals surface area contributed by atoms with Crippen LogP contribution in [0.2, 0.25) is 5.02 Å². The van der Waals surface area contributed by atoms with Gasteiger partial charge in [0.25, 0.3) is 0 Å². The second-order valence-corrected chi connectivity index (χ2v) is 6.35. The molecule has 0 aromatic heterocycles. The Morgan fingerprint density at radius 3 is 2.21 bits per heavy atom. The molecule has 0 spiro atoms. The molecule has 0 unspecified atom stereocenters. The Labute approximate surface area is 167 Å². The third-order valence-corrected chi connectivity index (χ3v) is 3.58. The van der Waals surface area contributed by atoms with Crippen LogP contribution >= 0.6 is 35.6 Å². The Hall–Kier alpha value is -1.02. The molecule has 0 atom stereocenters. The summed E-state index contributed by atoms with van der Waals surface area (Å²) in [5, 5.41) is 9.99. The number of nitrogens with one attached hydrogen (secondary N) is 3. The molecule has 136 valence electrons. The van der Waals surface area contributed by atoms with E-state index in [4.69, 9.17) is 11.6 Å². The van der Waals surface area contributed by atoms with Crippen molar-refractivity contribution in [2.45, 2.75) is 34.2 Å². The first-order chi connectivity index (χ1) is 10.9. The van der Waals surface area contributed by atoms with Gasteiger partial charge in [0.1, 0.15) is 0 Å². The van der Waals surface area contributed by atoms with Gasteiger partial charge in [0, 0.05) is 24.7 Å². The molecule has 0 aliphatic rings. The number of carbonyl (C=O) groups excluding carboxylic acids is 1. The summed E-state index contributed by atoms with van der Waals surface area (Å²) >= 11 is 5.88. The molecule has 0 aliphatic heterocycles. The second kappa shape index (κ2) is 11.5. The maximum absolute atomic E-state index is 12.0. The van der Waals surface area contributed by atoms with Gasteiger partial charge in [0.15, 0.2) is 5.96 Å². The normalized spacial score (nSPS) is 11.5. The number of hydrogen-bond donors (Lipinski definition) is 3. The molecular formula is C17H28ClIN4O. The summed E-state index contributed by atoms with van der Waals surface area (Å²) in [4.78, 5) is 16.6. The molecule has 1 rings (SSSR count). The second-order valence-electron chi connectivity index (χ2n) is 5.92. The molecule has 0 bridgehead atoms. The lowest BCUT2D eigenvalue weighted by Gasteiger charge is -2.24. The fraction of sp³-hybridized carbons (Fsp3) is 0.529. The van der Waals surface area contributed by atoms with E-state index >= 15 is 0 Å². The van der Waals surface area contributed by atoms with Gasteiger partial charge in [0.05, 0.1) is 12.0 Å². The van der Waals surface area contributed by atoms with Gasteiger partial charge in [0.2, 0.25) is 5.91 Å². The van der Waals surface area contributed by atoms with Crippen LogP contribution in [0.4, 0.5) is 0 Å². The van der Waals surface area contributed by atoms with Gasteiger partial charge in [-0.3, -0.25) is 4.79 Å². The monoisotopic (exact) mass is 466 g/mol. The van der Waals surface area contributed by atoms with E-state index in [9.17, 15) is 4.79 Å². The topological polar surface area (TPSA) is 65.5 Å². The maximum Gasteiger partial charge on any atom is 0.227 e. The highest BCUT2D eigenvalue weighted by Crippen LogP contribution is 2.13. The molecule has 0 saturated carbocycles. The molecule has 0 heterocycles. The first kappa shape index (κ1) is 23.0. The van der Waals surface area contributed by atoms with Crippen LogP contribution in [0.25, 0.3) is 0 Å². The predicted molar refractivity (Wildman–Crippen MR) is 112 cm³/mol. The molecule has 1 amide bonds. The smallest absolute Gasteiger partial charge is 0.227 e. The number of halogens is 2. The number of nitrogens with zero attached hydrogens (tertiary/aromatic N) is 1. The zero-order chi connectivity index (χ0) is 17.3. The highest BCUT2D eigenvalue weighted by atomic mass is 127. The first-order valence-corrected chi connectivity index (χ1v) is 8.31. The van der Waals surface area contributed by atoms with Crippen molar-refractivity contribution < 1.29 is 4.79 Å². The average molecular weight is 467 g/mol. The lowest BCUT2D eigenvalue weighted by Crippen LogP contribution is -2.47. The van der Waals surface area contributed by atoms with E-state index in [1.54, 1.807) is 0 Å². The Morgan fingerprint density at radius 1 is 1.08 bits per heavy atom. The summed E-state index contributed by atoms with van der Waals surface area (Å²) in [5.74, 6) is 0.723. The number of aliphatic imine (C=N–C) groups is 1. The number of amides is 1. The molecule has 1 aromatic carbocycles. The third kappa shape index (κ3) is 8.19. The predicted octanol–water partition coefficient (Wildman–Crippen LogP) is 3.18. The summed E-state index contributed by atoms with van der Waals surface area (Å²) in [6.07, 6.45) is 0. The highest BCUT2D eigenvalue weighted by molar-refractivity contribution is 14.0. The summed E-state index contributed by atoms with van der Waals surface area (Å²) < 4.78 is 0. The van der Waals surface area contributed by atoms with Crippen molar-refractivity contribution in [2.75, 3.05) is 19.6 Å². The van der Waals surface area contributed by atoms with Gasteiger partial charge in [-0.05, 0) is 45.4 Å². The number of benzene rings is 1. The quantitative estimate of drug-likeness (QED) is 0.328. The van der Waals surface area contributed by atoms with Crippen LogP contribution in [0.1, 0.15) is 33.3 Å². The molecule has 1 aromatic rings. The summed E-state index contributed by atoms with van der Waals surface area (Å²) in [6.45, 7) is 10.2. The Bertz CT molecular complexity index is 532. The van der Waals surface area contributed by atoms with Crippen LogP contribution in [-0.2, 0) is 11.3 Å². The van der Waals surface area contributed by atoms with Crippen LogP contribution in [-0.4, -0.2) is 31.5 Å². The summed E-state index contributed by atoms with van der Waals surface area (Å²) in [7, 11) is 0. The van der Waals surface area contributed by atoms with Crippen LogP contribution < -0.4 is 16.0 Å². The molecular weight excluding hydrogens is 439 g/mol. The minimum Gasteiger partial charge on any atom is -0.357 e. The third-order valence-electron chi connectivity index (χ3n) is 3.33. The van der Waals surface area contributed by atoms with Crippen molar-refractivity contribution in [2.24, 2.45) is 10.4 Å². The van der Waals surface area contributed by atoms with Gasteiger partial charge in [-0.25, -0.2) is 4.99 Å². The van der Waals surface area contributed by atoms with Crippen molar-refractivity contribution in [1.29, 1.82) is 0 Å². The highest BCUT2D eigenvalue weighted by Gasteiger charge is 2.27. The van der Waals surface area contributed by atoms with E-state index in [-0.39, 0.29) is 29.9 Å². The number of carbonyl (C=O) groups is 1. The van der Waals surface area contributed by atoms with Crippen molar-refractivity contribution in [3.8, 4) is 0 Å². The van der Waals surface area contributed by atoms with Gasteiger partial charge in [-0.1, -0.05) is 23.7 Å². The van der Waals surface area contributed by atoms with Gasteiger partial charge in [-0.15, -0.1) is 24.0 Å². The van der Waals surface area contributed by atoms with E-state index in [0.29, 0.717) is 30.6 Å². The Kier molecular flexibility index (Phi) is 11.0. The van der Waals surface area contributed by atoms with Crippen LogP contribution in [0.15, 0.2) is 29.3 Å². The lowest BCUT2D eigenvalue weighted by molar-refractivity contribution is -0.128. The number of guanidine groups is 1. The van der Waals surface area contributed by atoms with Crippen LogP contribution in [0.3, 0.4) is 0 Å². The molecule has 24 heavy (non-hydrogen) atoms. The molecule has 3 N–H and O–H groups in total. The van der Waals surface area contributed by atoms with Crippen LogP contribution in [0.5, 0.6) is 0 Å². The van der Waals surface area contributed by atoms with Gasteiger partial charge < -0.3 is 16.0 Å². The van der Waals surface area contributed by atoms with Crippen molar-refractivity contribution in [3.05, 3.63) is 34.9 Å². The molecule has 0 saturated heterocycles. The fourth-order valence-corrected chi connectivity index (χ4v) is 2.01. The zero-order valence-corrected chi connectivity index (χ0v) is 17.9. The van der Waals surface area contributed by atoms with Gasteiger partial charge >= 0.3 is 0 Å². The largest absolute Gasteiger partial charge is 0.357 e. The number of rotatable bonds is 7. The van der Waals surface area contributed by atoms with E-state index < -0.39 is 5.41 Å². The molecule has 5 nitrogen and oxygen atoms in total. The molecule has 0 radical (unpaired) electrons. The lowest BCUT2D eigenvalue weighted by atomic mass is 9.92. The minimum atomic E-state index is -0.507. The first-order valence-electron chi connectivity index (χ1n) is 7.94. The Morgan fingerprint density at radius 2 is 1.67 bits per heavy atom. The molecule has 0 aliphatic carbocycles. The molecule has 0 fully saturated rings. The maximum atomic E-state index is 12.0. The van der Waals surface area contributed by atoms with Crippen molar-refractivity contribution in [3.63, 3.8) is 0 Å². The van der Waals surface area contributed by atoms with E-state index in [1.165, 1.54) is 0 Å². The van der Waals surface area contributed by atoms with Crippen molar-refractivity contribution in [1.82, 2.24) is 16.0 Å². The van der Waals surface area contributed by atoms with E-state index in [2.05, 4.69) is 20.9 Å². The standard InChI is InChI=1S/C17H27ClN4O.HI/c1-5-19-15(23)17(3,4)12-22-16(20-6-2)21-11-13-7-9-14(18)10-8-13;/h7-10H,5-6,11-12H2,1-4H3,(H,19,23)(H2,20,21,22);1H. The van der Waals surface area contributed by atoms with E-state index in [1.807, 2.05) is 52.0 Å². The van der Waals surface area contributed by atoms with Crippen LogP contribution in [0, 0.1) is 5.41 Å². The zero-order valence-electron chi connectivity index (χ0n) is 14.8. The average Bonchev–Trinajstić information content (AvgIpc) is 2.52. The fourth-order valence-electron chi connectivity index (χ4n) is 1.89. The Balaban J connectivity index is 0.00000529. The summed E-state index contributed by atoms with van der Waals surface area (Å²) in [6, 6.07) is 7.61. The summed E-state index contributed by atoms with van der Waals surface area (Å²) in [5.41, 5.74) is 0.571.